The lowest BCUT2D eigenvalue weighted by atomic mass is 9.75. The van der Waals surface area contributed by atoms with E-state index in [2.05, 4.69) is 11.5 Å². The van der Waals surface area contributed by atoms with Gasteiger partial charge in [0.15, 0.2) is 5.78 Å². The van der Waals surface area contributed by atoms with Gasteiger partial charge in [-0.15, -0.1) is 0 Å². The Morgan fingerprint density at radius 1 is 1.11 bits per heavy atom. The predicted molar refractivity (Wildman–Crippen MR) is 102 cm³/mol. The van der Waals surface area contributed by atoms with Crippen molar-refractivity contribution in [3.05, 3.63) is 59.5 Å². The molecule has 6 heteroatoms. The summed E-state index contributed by atoms with van der Waals surface area (Å²) in [5.41, 5.74) is 2.06. The van der Waals surface area contributed by atoms with E-state index in [1.165, 1.54) is 16.8 Å². The second kappa shape index (κ2) is 6.83. The molecule has 2 heterocycles. The van der Waals surface area contributed by atoms with Crippen molar-refractivity contribution in [2.75, 3.05) is 0 Å². The van der Waals surface area contributed by atoms with Gasteiger partial charge in [0.25, 0.3) is 0 Å². The molecule has 0 radical (unpaired) electrons. The molecule has 3 nitrogen and oxygen atoms in total. The number of nitrogens with zero attached hydrogens (tertiary/aromatic N) is 2. The Hall–Kier alpha value is -2.50. The molecule has 0 aliphatic heterocycles. The number of aryl methyl sites for hydroxylation is 1. The minimum absolute atomic E-state index is 0.0260. The Morgan fingerprint density at radius 3 is 2.54 bits per heavy atom. The summed E-state index contributed by atoms with van der Waals surface area (Å²) in [6.45, 7) is 4.89. The summed E-state index contributed by atoms with van der Waals surface area (Å²) in [5.74, 6) is -0.460. The van der Waals surface area contributed by atoms with E-state index in [0.717, 1.165) is 35.6 Å². The number of fused-ring (bicyclic) bond motifs is 3. The Balaban J connectivity index is 1.80. The van der Waals surface area contributed by atoms with E-state index in [4.69, 9.17) is 0 Å². The first kappa shape index (κ1) is 18.8. The molecule has 0 N–H and O–H groups in total. The summed E-state index contributed by atoms with van der Waals surface area (Å²) in [5, 5.41) is 0.910. The molecule has 1 aliphatic carbocycles. The molecule has 0 saturated heterocycles. The average molecular weight is 388 g/mol. The Bertz CT molecular complexity index is 1030. The number of alkyl halides is 3. The van der Waals surface area contributed by atoms with Crippen molar-refractivity contribution in [3.8, 4) is 0 Å². The zero-order valence-electron chi connectivity index (χ0n) is 16.0. The summed E-state index contributed by atoms with van der Waals surface area (Å²) in [6, 6.07) is 10.3. The van der Waals surface area contributed by atoms with Gasteiger partial charge in [0.2, 0.25) is 0 Å². The van der Waals surface area contributed by atoms with Crippen molar-refractivity contribution < 1.29 is 18.0 Å². The van der Waals surface area contributed by atoms with Gasteiger partial charge in [-0.3, -0.25) is 4.79 Å². The SMILES string of the molecule is CCC1Cc2c(c3ccccc3n2CC)C(=O)C1Cn1cccc1C(F)(F)F. The monoisotopic (exact) mass is 388 g/mol. The van der Waals surface area contributed by atoms with E-state index in [-0.39, 0.29) is 18.2 Å². The minimum Gasteiger partial charge on any atom is -0.344 e. The van der Waals surface area contributed by atoms with Crippen LogP contribution >= 0.6 is 0 Å². The molecule has 148 valence electrons. The van der Waals surface area contributed by atoms with Crippen molar-refractivity contribution in [2.45, 2.75) is 46.0 Å². The summed E-state index contributed by atoms with van der Waals surface area (Å²) >= 11 is 0. The molecule has 1 aliphatic rings. The van der Waals surface area contributed by atoms with Crippen LogP contribution in [0.3, 0.4) is 0 Å². The van der Waals surface area contributed by atoms with Crippen LogP contribution in [0.2, 0.25) is 0 Å². The number of aromatic nitrogens is 2. The molecule has 0 amide bonds. The molecule has 2 unspecified atom stereocenters. The van der Waals surface area contributed by atoms with Crippen molar-refractivity contribution in [3.63, 3.8) is 0 Å². The third kappa shape index (κ3) is 2.86. The first-order valence-corrected chi connectivity index (χ1v) is 9.73. The topological polar surface area (TPSA) is 26.9 Å². The molecule has 0 fully saturated rings. The highest BCUT2D eigenvalue weighted by Crippen LogP contribution is 2.40. The molecular weight excluding hydrogens is 365 g/mol. The second-order valence-electron chi connectivity index (χ2n) is 7.47. The number of rotatable bonds is 4. The summed E-state index contributed by atoms with van der Waals surface area (Å²) in [7, 11) is 0. The fourth-order valence-electron chi connectivity index (χ4n) is 4.70. The lowest BCUT2D eigenvalue weighted by Crippen LogP contribution is -2.35. The molecule has 0 bridgehead atoms. The number of Topliss-reactive ketones (excluding diaryl/α,β-unsaturated/α-hetero) is 1. The quantitative estimate of drug-likeness (QED) is 0.575. The Labute approximate surface area is 161 Å². The molecule has 2 atom stereocenters. The molecule has 1 aromatic carbocycles. The first-order chi connectivity index (χ1) is 13.4. The van der Waals surface area contributed by atoms with E-state index in [1.54, 1.807) is 0 Å². The molecule has 0 saturated carbocycles. The maximum absolute atomic E-state index is 13.5. The van der Waals surface area contributed by atoms with Crippen molar-refractivity contribution in [1.29, 1.82) is 0 Å². The fourth-order valence-corrected chi connectivity index (χ4v) is 4.70. The Morgan fingerprint density at radius 2 is 1.86 bits per heavy atom. The smallest absolute Gasteiger partial charge is 0.344 e. The number of carbonyl (C=O) groups excluding carboxylic acids is 1. The molecule has 4 rings (SSSR count). The summed E-state index contributed by atoms with van der Waals surface area (Å²) in [4.78, 5) is 13.5. The van der Waals surface area contributed by atoms with Gasteiger partial charge in [0.05, 0.1) is 0 Å². The van der Waals surface area contributed by atoms with Crippen LogP contribution in [-0.2, 0) is 25.7 Å². The largest absolute Gasteiger partial charge is 0.431 e. The average Bonchev–Trinajstić information content (AvgIpc) is 3.25. The maximum atomic E-state index is 13.5. The zero-order chi connectivity index (χ0) is 20.1. The van der Waals surface area contributed by atoms with E-state index in [9.17, 15) is 18.0 Å². The van der Waals surface area contributed by atoms with Crippen LogP contribution < -0.4 is 0 Å². The molecule has 0 spiro atoms. The van der Waals surface area contributed by atoms with Gasteiger partial charge in [0, 0.05) is 47.4 Å². The van der Waals surface area contributed by atoms with Gasteiger partial charge in [-0.1, -0.05) is 31.5 Å². The molecular formula is C22H23F3N2O. The Kier molecular flexibility index (Phi) is 4.60. The lowest BCUT2D eigenvalue weighted by Gasteiger charge is -2.31. The number of hydrogen-bond donors (Lipinski definition) is 0. The zero-order valence-corrected chi connectivity index (χ0v) is 16.0. The van der Waals surface area contributed by atoms with Crippen LogP contribution in [0.1, 0.15) is 42.0 Å². The van der Waals surface area contributed by atoms with Gasteiger partial charge in [-0.05, 0) is 37.5 Å². The van der Waals surface area contributed by atoms with E-state index in [0.29, 0.717) is 12.0 Å². The first-order valence-electron chi connectivity index (χ1n) is 9.73. The fraction of sp³-hybridized carbons (Fsp3) is 0.409. The van der Waals surface area contributed by atoms with Gasteiger partial charge in [0.1, 0.15) is 5.69 Å². The number of para-hydroxylation sites is 1. The van der Waals surface area contributed by atoms with Gasteiger partial charge < -0.3 is 9.13 Å². The normalized spacial score (nSPS) is 20.0. The van der Waals surface area contributed by atoms with Crippen molar-refractivity contribution in [2.24, 2.45) is 11.8 Å². The van der Waals surface area contributed by atoms with Gasteiger partial charge in [-0.2, -0.15) is 13.2 Å². The number of halogens is 3. The van der Waals surface area contributed by atoms with Crippen molar-refractivity contribution >= 4 is 16.7 Å². The highest BCUT2D eigenvalue weighted by Gasteiger charge is 2.40. The second-order valence-corrected chi connectivity index (χ2v) is 7.47. The highest BCUT2D eigenvalue weighted by molar-refractivity contribution is 6.11. The minimum atomic E-state index is -4.42. The van der Waals surface area contributed by atoms with E-state index in [1.807, 2.05) is 31.2 Å². The summed E-state index contributed by atoms with van der Waals surface area (Å²) in [6.07, 6.45) is -1.53. The van der Waals surface area contributed by atoms with Gasteiger partial charge in [-0.25, -0.2) is 0 Å². The number of hydrogen-bond acceptors (Lipinski definition) is 1. The van der Waals surface area contributed by atoms with E-state index >= 15 is 0 Å². The van der Waals surface area contributed by atoms with Crippen LogP contribution in [0.15, 0.2) is 42.6 Å². The van der Waals surface area contributed by atoms with Crippen LogP contribution in [0.5, 0.6) is 0 Å². The summed E-state index contributed by atoms with van der Waals surface area (Å²) < 4.78 is 43.3. The predicted octanol–water partition coefficient (Wildman–Crippen LogP) is 5.56. The number of carbonyl (C=O) groups is 1. The number of benzene rings is 1. The third-order valence-corrected chi connectivity index (χ3v) is 6.04. The van der Waals surface area contributed by atoms with Crippen molar-refractivity contribution in [1.82, 2.24) is 9.13 Å². The van der Waals surface area contributed by atoms with Crippen LogP contribution in [0.4, 0.5) is 13.2 Å². The van der Waals surface area contributed by atoms with Crippen LogP contribution in [0, 0.1) is 11.8 Å². The number of ketones is 1. The lowest BCUT2D eigenvalue weighted by molar-refractivity contribution is -0.143. The van der Waals surface area contributed by atoms with Gasteiger partial charge >= 0.3 is 6.18 Å². The molecule has 2 aromatic heterocycles. The molecule has 3 aromatic rings. The third-order valence-electron chi connectivity index (χ3n) is 6.04. The highest BCUT2D eigenvalue weighted by atomic mass is 19.4. The maximum Gasteiger partial charge on any atom is 0.431 e. The van der Waals surface area contributed by atoms with E-state index < -0.39 is 17.8 Å². The molecule has 28 heavy (non-hydrogen) atoms. The standard InChI is InChI=1S/C22H23F3N2O/c1-3-14-12-18-20(15-8-5-6-9-17(15)27(18)4-2)21(28)16(14)13-26-11-7-10-19(26)22(23,24)25/h5-11,14,16H,3-4,12-13H2,1-2H3. The van der Waals surface area contributed by atoms with Crippen LogP contribution in [-0.4, -0.2) is 14.9 Å². The van der Waals surface area contributed by atoms with Crippen LogP contribution in [0.25, 0.3) is 10.9 Å².